The zero-order valence-corrected chi connectivity index (χ0v) is 14.6. The highest BCUT2D eigenvalue weighted by Gasteiger charge is 2.22. The Balaban J connectivity index is 2.44. The molecule has 8 heteroatoms. The first kappa shape index (κ1) is 16.5. The van der Waals surface area contributed by atoms with E-state index < -0.39 is 0 Å². The molecule has 6 nitrogen and oxygen atoms in total. The lowest BCUT2D eigenvalue weighted by Crippen LogP contribution is -2.20. The van der Waals surface area contributed by atoms with Gasteiger partial charge < -0.3 is 9.47 Å². The van der Waals surface area contributed by atoms with Gasteiger partial charge in [-0.25, -0.2) is 4.98 Å². The van der Waals surface area contributed by atoms with Gasteiger partial charge in [0.25, 0.3) is 5.56 Å². The average molecular weight is 366 g/mol. The molecule has 0 saturated carbocycles. The van der Waals surface area contributed by atoms with Crippen molar-refractivity contribution in [1.82, 2.24) is 14.5 Å². The summed E-state index contributed by atoms with van der Waals surface area (Å²) in [4.78, 5) is 21.1. The zero-order chi connectivity index (χ0) is 17.4. The summed E-state index contributed by atoms with van der Waals surface area (Å²) in [5.41, 5.74) is 0.579. The van der Waals surface area contributed by atoms with E-state index in [-0.39, 0.29) is 15.6 Å². The maximum atomic E-state index is 12.6. The van der Waals surface area contributed by atoms with Crippen LogP contribution in [0.4, 0.5) is 0 Å². The lowest BCUT2D eigenvalue weighted by molar-refractivity contribution is 0.395. The SMILES string of the molecule is COc1cc(OC)c(Cl)c(-c2nc3cnccc3c(=O)n2C)c1Cl. The van der Waals surface area contributed by atoms with E-state index in [1.807, 2.05) is 0 Å². The molecule has 0 aliphatic carbocycles. The summed E-state index contributed by atoms with van der Waals surface area (Å²) in [6.07, 6.45) is 3.05. The Morgan fingerprint density at radius 1 is 1.12 bits per heavy atom. The Morgan fingerprint density at radius 2 is 1.75 bits per heavy atom. The van der Waals surface area contributed by atoms with E-state index in [1.54, 1.807) is 25.4 Å². The summed E-state index contributed by atoms with van der Waals surface area (Å²) in [5.74, 6) is 1.04. The lowest BCUT2D eigenvalue weighted by Gasteiger charge is -2.16. The first-order chi connectivity index (χ1) is 11.5. The second-order valence-electron chi connectivity index (χ2n) is 4.98. The lowest BCUT2D eigenvalue weighted by atomic mass is 10.1. The summed E-state index contributed by atoms with van der Waals surface area (Å²) in [5, 5.41) is 0.946. The summed E-state index contributed by atoms with van der Waals surface area (Å²) < 4.78 is 11.9. The molecule has 0 N–H and O–H groups in total. The molecule has 0 bridgehead atoms. The molecule has 0 radical (unpaired) electrons. The van der Waals surface area contributed by atoms with Gasteiger partial charge in [0.05, 0.1) is 46.9 Å². The summed E-state index contributed by atoms with van der Waals surface area (Å²) in [6, 6.07) is 3.19. The number of hydrogen-bond donors (Lipinski definition) is 0. The molecule has 3 aromatic rings. The van der Waals surface area contributed by atoms with Gasteiger partial charge in [0.2, 0.25) is 0 Å². The van der Waals surface area contributed by atoms with Crippen molar-refractivity contribution in [3.8, 4) is 22.9 Å². The van der Waals surface area contributed by atoms with Crippen LogP contribution in [0.2, 0.25) is 10.0 Å². The van der Waals surface area contributed by atoms with Crippen LogP contribution in [-0.2, 0) is 7.05 Å². The minimum atomic E-state index is -0.230. The highest BCUT2D eigenvalue weighted by Crippen LogP contribution is 2.45. The van der Waals surface area contributed by atoms with Gasteiger partial charge in [0.15, 0.2) is 0 Å². The van der Waals surface area contributed by atoms with Crippen molar-refractivity contribution >= 4 is 34.1 Å². The third kappa shape index (κ3) is 2.48. The first-order valence-corrected chi connectivity index (χ1v) is 7.66. The van der Waals surface area contributed by atoms with Crippen LogP contribution in [0.5, 0.6) is 11.5 Å². The molecule has 0 spiro atoms. The molecule has 0 unspecified atom stereocenters. The number of halogens is 2. The van der Waals surface area contributed by atoms with E-state index in [0.29, 0.717) is 33.8 Å². The fourth-order valence-corrected chi connectivity index (χ4v) is 3.10. The van der Waals surface area contributed by atoms with Gasteiger partial charge in [-0.1, -0.05) is 23.2 Å². The zero-order valence-electron chi connectivity index (χ0n) is 13.1. The normalized spacial score (nSPS) is 10.9. The van der Waals surface area contributed by atoms with Crippen molar-refractivity contribution < 1.29 is 9.47 Å². The monoisotopic (exact) mass is 365 g/mol. The molecule has 0 saturated heterocycles. The maximum absolute atomic E-state index is 12.6. The highest BCUT2D eigenvalue weighted by atomic mass is 35.5. The molecule has 2 heterocycles. The fourth-order valence-electron chi connectivity index (χ4n) is 2.43. The van der Waals surface area contributed by atoms with Gasteiger partial charge in [0, 0.05) is 19.3 Å². The van der Waals surface area contributed by atoms with Crippen molar-refractivity contribution in [2.75, 3.05) is 14.2 Å². The van der Waals surface area contributed by atoms with E-state index in [9.17, 15) is 4.79 Å². The second kappa shape index (κ2) is 6.30. The Kier molecular flexibility index (Phi) is 4.34. The number of methoxy groups -OCH3 is 2. The Morgan fingerprint density at radius 3 is 2.33 bits per heavy atom. The van der Waals surface area contributed by atoms with Crippen LogP contribution >= 0.6 is 23.2 Å². The topological polar surface area (TPSA) is 66.2 Å². The molecule has 1 aromatic carbocycles. The number of hydrogen-bond acceptors (Lipinski definition) is 5. The molecular formula is C16H13Cl2N3O3. The molecule has 0 amide bonds. The number of pyridine rings is 1. The molecule has 0 fully saturated rings. The molecule has 0 atom stereocenters. The Hall–Kier alpha value is -2.31. The van der Waals surface area contributed by atoms with Crippen molar-refractivity contribution in [3.05, 3.63) is 44.9 Å². The molecule has 24 heavy (non-hydrogen) atoms. The number of nitrogens with zero attached hydrogens (tertiary/aromatic N) is 3. The number of fused-ring (bicyclic) bond motifs is 1. The molecule has 2 aromatic heterocycles. The fraction of sp³-hybridized carbons (Fsp3) is 0.188. The van der Waals surface area contributed by atoms with Gasteiger partial charge in [-0.3, -0.25) is 14.3 Å². The second-order valence-corrected chi connectivity index (χ2v) is 5.73. The Labute approximate surface area is 147 Å². The predicted octanol–water partition coefficient (Wildman–Crippen LogP) is 3.32. The number of rotatable bonds is 3. The molecule has 0 aliphatic heterocycles. The number of aromatic nitrogens is 3. The summed E-state index contributed by atoms with van der Waals surface area (Å²) >= 11 is 12.8. The average Bonchev–Trinajstić information content (AvgIpc) is 2.59. The summed E-state index contributed by atoms with van der Waals surface area (Å²) in [7, 11) is 4.56. The predicted molar refractivity (Wildman–Crippen MR) is 93.3 cm³/mol. The van der Waals surface area contributed by atoms with Gasteiger partial charge in [0.1, 0.15) is 17.3 Å². The van der Waals surface area contributed by atoms with E-state index >= 15 is 0 Å². The van der Waals surface area contributed by atoms with Crippen molar-refractivity contribution in [2.45, 2.75) is 0 Å². The smallest absolute Gasteiger partial charge is 0.261 e. The molecule has 3 rings (SSSR count). The number of benzene rings is 1. The largest absolute Gasteiger partial charge is 0.495 e. The third-order valence-corrected chi connectivity index (χ3v) is 4.43. The quantitative estimate of drug-likeness (QED) is 0.712. The first-order valence-electron chi connectivity index (χ1n) is 6.90. The van der Waals surface area contributed by atoms with Crippen LogP contribution in [0, 0.1) is 0 Å². The molecule has 124 valence electrons. The van der Waals surface area contributed by atoms with Crippen LogP contribution in [-0.4, -0.2) is 28.8 Å². The third-order valence-electron chi connectivity index (χ3n) is 3.68. The standard InChI is InChI=1S/C16H13Cl2N3O3/c1-21-15(20-9-7-19-5-4-8(9)16(21)22)12-13(17)10(23-2)6-11(24-3)14(12)18/h4-7H,1-3H3. The van der Waals surface area contributed by atoms with Crippen LogP contribution < -0.4 is 15.0 Å². The van der Waals surface area contributed by atoms with Gasteiger partial charge in [-0.2, -0.15) is 0 Å². The van der Waals surface area contributed by atoms with Crippen molar-refractivity contribution in [1.29, 1.82) is 0 Å². The van der Waals surface area contributed by atoms with Crippen LogP contribution in [0.25, 0.3) is 22.3 Å². The van der Waals surface area contributed by atoms with Gasteiger partial charge in [-0.05, 0) is 6.07 Å². The molecular weight excluding hydrogens is 353 g/mol. The Bertz CT molecular complexity index is 974. The van der Waals surface area contributed by atoms with Gasteiger partial charge in [-0.15, -0.1) is 0 Å². The van der Waals surface area contributed by atoms with Crippen molar-refractivity contribution in [2.24, 2.45) is 7.05 Å². The number of ether oxygens (including phenoxy) is 2. The summed E-state index contributed by atoms with van der Waals surface area (Å²) in [6.45, 7) is 0. The highest BCUT2D eigenvalue weighted by molar-refractivity contribution is 6.40. The van der Waals surface area contributed by atoms with Crippen LogP contribution in [0.3, 0.4) is 0 Å². The molecule has 0 aliphatic rings. The minimum Gasteiger partial charge on any atom is -0.495 e. The van der Waals surface area contributed by atoms with E-state index in [1.165, 1.54) is 25.0 Å². The maximum Gasteiger partial charge on any atom is 0.261 e. The van der Waals surface area contributed by atoms with Crippen molar-refractivity contribution in [3.63, 3.8) is 0 Å². The van der Waals surface area contributed by atoms with E-state index in [0.717, 1.165) is 0 Å². The van der Waals surface area contributed by atoms with E-state index in [2.05, 4.69) is 9.97 Å². The van der Waals surface area contributed by atoms with Gasteiger partial charge >= 0.3 is 0 Å². The van der Waals surface area contributed by atoms with E-state index in [4.69, 9.17) is 32.7 Å². The van der Waals surface area contributed by atoms with Crippen LogP contribution in [0.1, 0.15) is 0 Å². The minimum absolute atomic E-state index is 0.230. The van der Waals surface area contributed by atoms with Crippen LogP contribution in [0.15, 0.2) is 29.3 Å².